The van der Waals surface area contributed by atoms with E-state index in [0.29, 0.717) is 29.4 Å². The summed E-state index contributed by atoms with van der Waals surface area (Å²) in [5.74, 6) is 1.13. The highest BCUT2D eigenvalue weighted by molar-refractivity contribution is 5.98. The van der Waals surface area contributed by atoms with Crippen LogP contribution in [0.5, 0.6) is 17.2 Å². The minimum atomic E-state index is -0.463. The van der Waals surface area contributed by atoms with Crippen LogP contribution in [0, 0.1) is 0 Å². The summed E-state index contributed by atoms with van der Waals surface area (Å²) in [6, 6.07) is 3.22. The van der Waals surface area contributed by atoms with Gasteiger partial charge >= 0.3 is 0 Å². The molecule has 1 amide bonds. The first-order valence-electron chi connectivity index (χ1n) is 6.77. The zero-order chi connectivity index (χ0) is 16.0. The van der Waals surface area contributed by atoms with Crippen LogP contribution < -0.4 is 25.3 Å². The summed E-state index contributed by atoms with van der Waals surface area (Å²) >= 11 is 0. The number of rotatable bonds is 7. The molecule has 0 aliphatic carbocycles. The minimum Gasteiger partial charge on any atom is -0.496 e. The molecule has 0 spiro atoms. The SMILES string of the molecule is CCC(C)(CN)NC(=O)c1cc(OC)c(OC)cc1OC. The molecule has 6 nitrogen and oxygen atoms in total. The Bertz CT molecular complexity index is 499. The summed E-state index contributed by atoms with van der Waals surface area (Å²) < 4.78 is 15.7. The van der Waals surface area contributed by atoms with Gasteiger partial charge in [0.15, 0.2) is 11.5 Å². The second kappa shape index (κ2) is 7.17. The van der Waals surface area contributed by atoms with E-state index in [9.17, 15) is 4.79 Å². The lowest BCUT2D eigenvalue weighted by molar-refractivity contribution is 0.0903. The van der Waals surface area contributed by atoms with Crippen molar-refractivity contribution in [3.05, 3.63) is 17.7 Å². The molecule has 0 aromatic heterocycles. The number of carbonyl (C=O) groups is 1. The highest BCUT2D eigenvalue weighted by Gasteiger charge is 2.25. The second-order valence-electron chi connectivity index (χ2n) is 4.98. The van der Waals surface area contributed by atoms with Gasteiger partial charge in [-0.1, -0.05) is 6.92 Å². The first-order chi connectivity index (χ1) is 9.94. The molecule has 1 atom stereocenters. The first kappa shape index (κ1) is 17.1. The van der Waals surface area contributed by atoms with Gasteiger partial charge in [-0.3, -0.25) is 4.79 Å². The quantitative estimate of drug-likeness (QED) is 0.798. The van der Waals surface area contributed by atoms with Gasteiger partial charge in [-0.2, -0.15) is 0 Å². The van der Waals surface area contributed by atoms with Crippen LogP contribution in [0.25, 0.3) is 0 Å². The third-order valence-electron chi connectivity index (χ3n) is 3.60. The van der Waals surface area contributed by atoms with E-state index in [2.05, 4.69) is 5.32 Å². The Kier molecular flexibility index (Phi) is 5.84. The maximum Gasteiger partial charge on any atom is 0.255 e. The lowest BCUT2D eigenvalue weighted by Gasteiger charge is -2.28. The first-order valence-corrected chi connectivity index (χ1v) is 6.77. The molecule has 1 aromatic carbocycles. The standard InChI is InChI=1S/C15H24N2O4/c1-6-15(2,9-16)17-14(18)10-7-12(20-4)13(21-5)8-11(10)19-3/h7-8H,6,9,16H2,1-5H3,(H,17,18). The Balaban J connectivity index is 3.19. The van der Waals surface area contributed by atoms with Crippen molar-refractivity contribution in [3.63, 3.8) is 0 Å². The molecule has 0 radical (unpaired) electrons. The van der Waals surface area contributed by atoms with Gasteiger partial charge in [-0.05, 0) is 13.3 Å². The molecule has 6 heteroatoms. The minimum absolute atomic E-state index is 0.261. The van der Waals surface area contributed by atoms with E-state index in [-0.39, 0.29) is 5.91 Å². The fraction of sp³-hybridized carbons (Fsp3) is 0.533. The fourth-order valence-corrected chi connectivity index (χ4v) is 1.83. The third-order valence-corrected chi connectivity index (χ3v) is 3.60. The smallest absolute Gasteiger partial charge is 0.255 e. The second-order valence-corrected chi connectivity index (χ2v) is 4.98. The van der Waals surface area contributed by atoms with Crippen molar-refractivity contribution in [2.75, 3.05) is 27.9 Å². The van der Waals surface area contributed by atoms with Crippen LogP contribution in [-0.2, 0) is 0 Å². The van der Waals surface area contributed by atoms with Gasteiger partial charge in [0.25, 0.3) is 5.91 Å². The number of ether oxygens (including phenoxy) is 3. The molecule has 0 fully saturated rings. The maximum atomic E-state index is 12.5. The summed E-state index contributed by atoms with van der Waals surface area (Å²) in [5, 5.41) is 2.93. The van der Waals surface area contributed by atoms with E-state index in [1.54, 1.807) is 12.1 Å². The number of amides is 1. The molecule has 0 saturated carbocycles. The van der Waals surface area contributed by atoms with Crippen LogP contribution in [0.2, 0.25) is 0 Å². The predicted molar refractivity (Wildman–Crippen MR) is 81.3 cm³/mol. The normalized spacial score (nSPS) is 13.2. The lowest BCUT2D eigenvalue weighted by atomic mass is 9.98. The van der Waals surface area contributed by atoms with E-state index in [0.717, 1.165) is 6.42 Å². The maximum absolute atomic E-state index is 12.5. The van der Waals surface area contributed by atoms with Gasteiger partial charge in [-0.25, -0.2) is 0 Å². The van der Waals surface area contributed by atoms with E-state index < -0.39 is 5.54 Å². The van der Waals surface area contributed by atoms with Crippen molar-refractivity contribution in [2.24, 2.45) is 5.73 Å². The number of nitrogens with one attached hydrogen (secondary N) is 1. The highest BCUT2D eigenvalue weighted by Crippen LogP contribution is 2.34. The Morgan fingerprint density at radius 3 is 2.10 bits per heavy atom. The van der Waals surface area contributed by atoms with Crippen LogP contribution in [-0.4, -0.2) is 39.3 Å². The molecular formula is C15H24N2O4. The zero-order valence-electron chi connectivity index (χ0n) is 13.3. The van der Waals surface area contributed by atoms with E-state index in [1.807, 2.05) is 13.8 Å². The Morgan fingerprint density at radius 2 is 1.67 bits per heavy atom. The van der Waals surface area contributed by atoms with E-state index >= 15 is 0 Å². The fourth-order valence-electron chi connectivity index (χ4n) is 1.83. The van der Waals surface area contributed by atoms with Crippen molar-refractivity contribution >= 4 is 5.91 Å². The van der Waals surface area contributed by atoms with Crippen molar-refractivity contribution in [1.82, 2.24) is 5.32 Å². The van der Waals surface area contributed by atoms with Gasteiger partial charge in [0.05, 0.1) is 26.9 Å². The van der Waals surface area contributed by atoms with Crippen molar-refractivity contribution in [2.45, 2.75) is 25.8 Å². The van der Waals surface area contributed by atoms with Gasteiger partial charge in [0, 0.05) is 24.2 Å². The summed E-state index contributed by atoms with van der Waals surface area (Å²) in [7, 11) is 4.54. The molecule has 118 valence electrons. The van der Waals surface area contributed by atoms with Crippen LogP contribution in [0.3, 0.4) is 0 Å². The van der Waals surface area contributed by atoms with Gasteiger partial charge in [0.1, 0.15) is 5.75 Å². The molecular weight excluding hydrogens is 272 g/mol. The van der Waals surface area contributed by atoms with Gasteiger partial charge in [-0.15, -0.1) is 0 Å². The summed E-state index contributed by atoms with van der Waals surface area (Å²) in [6.07, 6.45) is 0.727. The van der Waals surface area contributed by atoms with E-state index in [1.165, 1.54) is 21.3 Å². The van der Waals surface area contributed by atoms with Crippen LogP contribution in [0.15, 0.2) is 12.1 Å². The average molecular weight is 296 g/mol. The summed E-state index contributed by atoms with van der Waals surface area (Å²) in [5.41, 5.74) is 5.64. The topological polar surface area (TPSA) is 82.8 Å². The molecule has 0 heterocycles. The predicted octanol–water partition coefficient (Wildman–Crippen LogP) is 1.57. The number of methoxy groups -OCH3 is 3. The largest absolute Gasteiger partial charge is 0.496 e. The molecule has 1 aromatic rings. The molecule has 3 N–H and O–H groups in total. The Labute approximate surface area is 125 Å². The molecule has 0 aliphatic rings. The molecule has 0 aliphatic heterocycles. The lowest BCUT2D eigenvalue weighted by Crippen LogP contribution is -2.50. The Hall–Kier alpha value is -1.95. The molecule has 0 bridgehead atoms. The van der Waals surface area contributed by atoms with Crippen LogP contribution in [0.1, 0.15) is 30.6 Å². The Morgan fingerprint density at radius 1 is 1.14 bits per heavy atom. The molecule has 21 heavy (non-hydrogen) atoms. The van der Waals surface area contributed by atoms with Crippen molar-refractivity contribution in [1.29, 1.82) is 0 Å². The third kappa shape index (κ3) is 3.78. The summed E-state index contributed by atoms with van der Waals surface area (Å²) in [6.45, 7) is 4.22. The van der Waals surface area contributed by atoms with Gasteiger partial charge in [0.2, 0.25) is 0 Å². The van der Waals surface area contributed by atoms with Crippen molar-refractivity contribution in [3.8, 4) is 17.2 Å². The zero-order valence-corrected chi connectivity index (χ0v) is 13.3. The van der Waals surface area contributed by atoms with Gasteiger partial charge < -0.3 is 25.3 Å². The van der Waals surface area contributed by atoms with Crippen LogP contribution >= 0.6 is 0 Å². The average Bonchev–Trinajstić information content (AvgIpc) is 2.52. The monoisotopic (exact) mass is 296 g/mol. The van der Waals surface area contributed by atoms with Crippen molar-refractivity contribution < 1.29 is 19.0 Å². The molecule has 0 saturated heterocycles. The number of benzene rings is 1. The summed E-state index contributed by atoms with van der Waals surface area (Å²) in [4.78, 5) is 12.5. The molecule has 1 rings (SSSR count). The number of carbonyl (C=O) groups excluding carboxylic acids is 1. The number of hydrogen-bond acceptors (Lipinski definition) is 5. The highest BCUT2D eigenvalue weighted by atomic mass is 16.5. The van der Waals surface area contributed by atoms with Crippen LogP contribution in [0.4, 0.5) is 0 Å². The number of hydrogen-bond donors (Lipinski definition) is 2. The molecule has 1 unspecified atom stereocenters. The van der Waals surface area contributed by atoms with E-state index in [4.69, 9.17) is 19.9 Å². The number of nitrogens with two attached hydrogens (primary N) is 1.